The van der Waals surface area contributed by atoms with E-state index in [1.807, 2.05) is 66.1 Å². The van der Waals surface area contributed by atoms with Gasteiger partial charge in [0.05, 0.1) is 18.3 Å². The SMILES string of the molecule is Cc1nnc([C@H]2C[C@@H](N3N=NCC3F)[C@H]3O[C@@H](c4ccccc4)OC[C@H]3O2)n1-c1cccc(Cl)c1. The van der Waals surface area contributed by atoms with Crippen molar-refractivity contribution >= 4 is 11.6 Å². The van der Waals surface area contributed by atoms with Gasteiger partial charge in [0.1, 0.15) is 30.7 Å². The average Bonchev–Trinajstić information content (AvgIpc) is 3.48. The Hall–Kier alpha value is -2.92. The molecule has 0 amide bonds. The molecule has 2 aromatic carbocycles. The Balaban J connectivity index is 1.33. The summed E-state index contributed by atoms with van der Waals surface area (Å²) in [5, 5.41) is 18.7. The van der Waals surface area contributed by atoms with Gasteiger partial charge in [-0.3, -0.25) is 4.57 Å². The highest BCUT2D eigenvalue weighted by Crippen LogP contribution is 2.42. The van der Waals surface area contributed by atoms with E-state index in [1.54, 1.807) is 0 Å². The minimum atomic E-state index is -1.33. The van der Waals surface area contributed by atoms with Gasteiger partial charge in [0.2, 0.25) is 6.30 Å². The van der Waals surface area contributed by atoms with E-state index in [2.05, 4.69) is 20.5 Å². The first-order chi connectivity index (χ1) is 17.1. The van der Waals surface area contributed by atoms with Gasteiger partial charge in [-0.15, -0.1) is 10.2 Å². The summed E-state index contributed by atoms with van der Waals surface area (Å²) in [6, 6.07) is 16.7. The summed E-state index contributed by atoms with van der Waals surface area (Å²) in [6.45, 7) is 2.14. The lowest BCUT2D eigenvalue weighted by molar-refractivity contribution is -0.307. The fraction of sp³-hybridized carbons (Fsp3) is 0.417. The van der Waals surface area contributed by atoms with E-state index in [0.29, 0.717) is 23.1 Å². The van der Waals surface area contributed by atoms with Crippen molar-refractivity contribution in [1.29, 1.82) is 0 Å². The minimum absolute atomic E-state index is 0.00414. The van der Waals surface area contributed by atoms with Crippen molar-refractivity contribution in [3.05, 3.63) is 76.8 Å². The zero-order chi connectivity index (χ0) is 23.9. The van der Waals surface area contributed by atoms with Crippen molar-refractivity contribution in [2.24, 2.45) is 10.3 Å². The Labute approximate surface area is 206 Å². The quantitative estimate of drug-likeness (QED) is 0.491. The molecule has 3 aliphatic rings. The first kappa shape index (κ1) is 22.5. The standard InChI is InChI=1S/C24H24ClFN6O3/c1-14-28-29-23(31(14)17-9-5-8-16(25)10-17)19-11-18(32-21(26)12-27-30-32)22-20(34-19)13-33-24(35-22)15-6-3-2-4-7-15/h2-10,18-22,24H,11-13H2,1H3/t18-,19-,20-,21?,22-,24+/m1/s1. The second kappa shape index (κ2) is 9.27. The molecule has 2 saturated heterocycles. The van der Waals surface area contributed by atoms with Gasteiger partial charge in [-0.2, -0.15) is 5.11 Å². The third-order valence-corrected chi connectivity index (χ3v) is 6.77. The fourth-order valence-corrected chi connectivity index (χ4v) is 5.13. The molecule has 1 unspecified atom stereocenters. The molecule has 2 fully saturated rings. The van der Waals surface area contributed by atoms with Crippen LogP contribution in [0, 0.1) is 6.92 Å². The van der Waals surface area contributed by atoms with E-state index < -0.39 is 36.9 Å². The topological polar surface area (TPSA) is 86.4 Å². The number of ether oxygens (including phenoxy) is 3. The van der Waals surface area contributed by atoms with E-state index >= 15 is 0 Å². The van der Waals surface area contributed by atoms with Crippen LogP contribution in [0.1, 0.15) is 36.0 Å². The summed E-state index contributed by atoms with van der Waals surface area (Å²) in [7, 11) is 0. The molecule has 35 heavy (non-hydrogen) atoms. The number of hydrogen-bond donors (Lipinski definition) is 0. The third kappa shape index (κ3) is 4.20. The van der Waals surface area contributed by atoms with Crippen LogP contribution >= 0.6 is 11.6 Å². The largest absolute Gasteiger partial charge is 0.362 e. The van der Waals surface area contributed by atoms with Gasteiger partial charge in [0.15, 0.2) is 12.1 Å². The van der Waals surface area contributed by atoms with E-state index in [0.717, 1.165) is 11.3 Å². The van der Waals surface area contributed by atoms with E-state index in [1.165, 1.54) is 5.01 Å². The molecule has 0 bridgehead atoms. The molecule has 11 heteroatoms. The van der Waals surface area contributed by atoms with Crippen LogP contribution in [0.15, 0.2) is 64.9 Å². The van der Waals surface area contributed by atoms with Crippen LogP contribution in [0.25, 0.3) is 5.69 Å². The number of rotatable bonds is 4. The zero-order valence-electron chi connectivity index (χ0n) is 18.9. The Morgan fingerprint density at radius 1 is 1.06 bits per heavy atom. The lowest BCUT2D eigenvalue weighted by Gasteiger charge is -2.47. The number of halogens is 2. The number of nitrogens with zero attached hydrogens (tertiary/aromatic N) is 6. The van der Waals surface area contributed by atoms with Gasteiger partial charge in [0, 0.05) is 17.0 Å². The molecular formula is C24H24ClFN6O3. The Kier molecular flexibility index (Phi) is 5.97. The number of aromatic nitrogens is 3. The van der Waals surface area contributed by atoms with Crippen molar-refractivity contribution < 1.29 is 18.6 Å². The van der Waals surface area contributed by atoms with Gasteiger partial charge in [-0.1, -0.05) is 53.2 Å². The number of aryl methyl sites for hydroxylation is 1. The van der Waals surface area contributed by atoms with Crippen LogP contribution in [-0.4, -0.2) is 57.5 Å². The molecule has 0 N–H and O–H groups in total. The molecule has 3 aromatic rings. The van der Waals surface area contributed by atoms with Gasteiger partial charge in [-0.25, -0.2) is 9.40 Å². The van der Waals surface area contributed by atoms with E-state index in [-0.39, 0.29) is 13.2 Å². The van der Waals surface area contributed by atoms with Gasteiger partial charge in [0.25, 0.3) is 0 Å². The monoisotopic (exact) mass is 498 g/mol. The molecule has 0 radical (unpaired) electrons. The summed E-state index contributed by atoms with van der Waals surface area (Å²) in [5.41, 5.74) is 1.71. The number of hydrogen-bond acceptors (Lipinski definition) is 8. The highest BCUT2D eigenvalue weighted by atomic mass is 35.5. The Bertz CT molecular complexity index is 1230. The molecular weight excluding hydrogens is 475 g/mol. The first-order valence-corrected chi connectivity index (χ1v) is 11.9. The molecule has 0 spiro atoms. The Morgan fingerprint density at radius 3 is 2.69 bits per heavy atom. The summed E-state index contributed by atoms with van der Waals surface area (Å²) in [5.74, 6) is 1.29. The maximum absolute atomic E-state index is 14.8. The minimum Gasteiger partial charge on any atom is -0.362 e. The third-order valence-electron chi connectivity index (χ3n) is 6.53. The van der Waals surface area contributed by atoms with E-state index in [9.17, 15) is 4.39 Å². The number of fused-ring (bicyclic) bond motifs is 1. The van der Waals surface area contributed by atoms with E-state index in [4.69, 9.17) is 25.8 Å². The molecule has 1 aromatic heterocycles. The van der Waals surface area contributed by atoms with Crippen molar-refractivity contribution in [3.8, 4) is 5.69 Å². The zero-order valence-corrected chi connectivity index (χ0v) is 19.7. The maximum Gasteiger partial charge on any atom is 0.210 e. The predicted molar refractivity (Wildman–Crippen MR) is 124 cm³/mol. The molecule has 0 saturated carbocycles. The van der Waals surface area contributed by atoms with Gasteiger partial charge in [-0.05, 0) is 25.1 Å². The highest BCUT2D eigenvalue weighted by molar-refractivity contribution is 6.30. The van der Waals surface area contributed by atoms with Crippen LogP contribution in [0.4, 0.5) is 4.39 Å². The smallest absolute Gasteiger partial charge is 0.210 e. The average molecular weight is 499 g/mol. The lowest BCUT2D eigenvalue weighted by Crippen LogP contribution is -2.58. The first-order valence-electron chi connectivity index (χ1n) is 11.5. The lowest BCUT2D eigenvalue weighted by atomic mass is 9.93. The van der Waals surface area contributed by atoms with Crippen molar-refractivity contribution in [2.45, 2.75) is 50.3 Å². The van der Waals surface area contributed by atoms with Crippen molar-refractivity contribution in [3.63, 3.8) is 0 Å². The summed E-state index contributed by atoms with van der Waals surface area (Å²) >= 11 is 6.24. The Morgan fingerprint density at radius 2 is 1.91 bits per heavy atom. The molecule has 0 aliphatic carbocycles. The molecule has 3 aliphatic heterocycles. The second-order valence-electron chi connectivity index (χ2n) is 8.79. The summed E-state index contributed by atoms with van der Waals surface area (Å²) in [6.07, 6.45) is -2.93. The molecule has 6 rings (SSSR count). The van der Waals surface area contributed by atoms with Crippen LogP contribution < -0.4 is 0 Å². The van der Waals surface area contributed by atoms with Gasteiger partial charge >= 0.3 is 0 Å². The molecule has 182 valence electrons. The van der Waals surface area contributed by atoms with Crippen LogP contribution in [0.3, 0.4) is 0 Å². The number of alkyl halides is 1. The van der Waals surface area contributed by atoms with Crippen LogP contribution in [0.2, 0.25) is 5.02 Å². The van der Waals surface area contributed by atoms with Crippen molar-refractivity contribution in [1.82, 2.24) is 19.8 Å². The van der Waals surface area contributed by atoms with Crippen LogP contribution in [-0.2, 0) is 14.2 Å². The van der Waals surface area contributed by atoms with Crippen molar-refractivity contribution in [2.75, 3.05) is 13.2 Å². The predicted octanol–water partition coefficient (Wildman–Crippen LogP) is 4.52. The normalized spacial score (nSPS) is 30.4. The highest BCUT2D eigenvalue weighted by Gasteiger charge is 2.50. The molecule has 4 heterocycles. The molecule has 9 nitrogen and oxygen atoms in total. The fourth-order valence-electron chi connectivity index (χ4n) is 4.94. The maximum atomic E-state index is 14.8. The molecule has 6 atom stereocenters. The summed E-state index contributed by atoms with van der Waals surface area (Å²) in [4.78, 5) is 0. The van der Waals surface area contributed by atoms with Crippen LogP contribution in [0.5, 0.6) is 0 Å². The summed E-state index contributed by atoms with van der Waals surface area (Å²) < 4.78 is 35.6. The number of benzene rings is 2. The van der Waals surface area contributed by atoms with Gasteiger partial charge < -0.3 is 14.2 Å². The second-order valence-corrected chi connectivity index (χ2v) is 9.23.